The van der Waals surface area contributed by atoms with Gasteiger partial charge in [-0.3, -0.25) is 5.32 Å². The second-order valence-electron chi connectivity index (χ2n) is 8.16. The third-order valence-electron chi connectivity index (χ3n) is 5.45. The van der Waals surface area contributed by atoms with Crippen molar-refractivity contribution in [2.45, 2.75) is 6.18 Å². The highest BCUT2D eigenvalue weighted by Gasteiger charge is 2.31. The average molecular weight is 552 g/mol. The van der Waals surface area contributed by atoms with Gasteiger partial charge in [0.05, 0.1) is 47.5 Å². The predicted molar refractivity (Wildman–Crippen MR) is 138 cm³/mol. The van der Waals surface area contributed by atoms with Crippen LogP contribution in [0.2, 0.25) is 0 Å². The largest absolute Gasteiger partial charge is 0.457 e. The number of ether oxygens (including phenoxy) is 2. The van der Waals surface area contributed by atoms with E-state index in [2.05, 4.69) is 41.0 Å². The first-order valence-corrected chi connectivity index (χ1v) is 11.5. The second kappa shape index (κ2) is 10.6. The van der Waals surface area contributed by atoms with Crippen molar-refractivity contribution in [2.24, 2.45) is 0 Å². The number of urea groups is 1. The smallest absolute Gasteiger partial charge is 0.416 e. The van der Waals surface area contributed by atoms with Crippen LogP contribution in [0.3, 0.4) is 0 Å². The fraction of sp³-hybridized carbons (Fsp3) is 0.0800. The van der Waals surface area contributed by atoms with E-state index in [1.54, 1.807) is 42.5 Å². The van der Waals surface area contributed by atoms with E-state index in [1.807, 2.05) is 0 Å². The Labute approximate surface area is 223 Å². The molecule has 2 heterocycles. The molecule has 0 unspecified atom stereocenters. The zero-order chi connectivity index (χ0) is 28.3. The van der Waals surface area contributed by atoms with E-state index >= 15 is 0 Å². The van der Waals surface area contributed by atoms with Gasteiger partial charge in [-0.1, -0.05) is 5.21 Å². The minimum atomic E-state index is -4.60. The van der Waals surface area contributed by atoms with Gasteiger partial charge in [-0.05, 0) is 54.6 Å². The SMILES string of the molecule is COC(=O)Nc1nc2ccc(Oc3ccc(NC(=O)Nc4cc(C(F)(F)F)ccc4-n4ccnn4)cc3)cc2[nH]1. The third-order valence-corrected chi connectivity index (χ3v) is 5.45. The quantitative estimate of drug-likeness (QED) is 0.209. The molecule has 5 aromatic rings. The van der Waals surface area contributed by atoms with Crippen LogP contribution in [0.25, 0.3) is 16.7 Å². The number of rotatable bonds is 6. The van der Waals surface area contributed by atoms with Gasteiger partial charge < -0.3 is 25.1 Å². The molecule has 0 atom stereocenters. The number of carbonyl (C=O) groups is 2. The van der Waals surface area contributed by atoms with Crippen molar-refractivity contribution in [2.75, 3.05) is 23.1 Å². The number of nitrogens with one attached hydrogen (secondary N) is 4. The first-order chi connectivity index (χ1) is 19.2. The Kier molecular flexibility index (Phi) is 6.92. The molecule has 15 heteroatoms. The first-order valence-electron chi connectivity index (χ1n) is 11.5. The number of hydrogen-bond acceptors (Lipinski definition) is 7. The molecule has 4 N–H and O–H groups in total. The number of carbonyl (C=O) groups excluding carboxylic acids is 2. The second-order valence-corrected chi connectivity index (χ2v) is 8.16. The number of H-pyrrole nitrogens is 1. The summed E-state index contributed by atoms with van der Waals surface area (Å²) in [6, 6.07) is 13.5. The van der Waals surface area contributed by atoms with E-state index in [4.69, 9.17) is 4.74 Å². The van der Waals surface area contributed by atoms with Gasteiger partial charge in [0.1, 0.15) is 11.5 Å². The standard InChI is InChI=1S/C25H19F3N8O4/c1-39-24(38)34-22-31-18-8-7-17(13-19(18)32-22)40-16-5-3-15(4-6-16)30-23(37)33-20-12-14(25(26,27)28)2-9-21(20)36-11-10-29-35-36/h2-13H,1H3,(H2,30,33,37)(H2,31,32,34,38). The molecule has 3 amide bonds. The molecular formula is C25H19F3N8O4. The summed E-state index contributed by atoms with van der Waals surface area (Å²) < 4.78 is 51.4. The molecule has 3 aromatic carbocycles. The number of nitrogens with zero attached hydrogens (tertiary/aromatic N) is 4. The van der Waals surface area contributed by atoms with Crippen LogP contribution in [0.5, 0.6) is 11.5 Å². The zero-order valence-electron chi connectivity index (χ0n) is 20.5. The lowest BCUT2D eigenvalue weighted by molar-refractivity contribution is -0.137. The van der Waals surface area contributed by atoms with Crippen molar-refractivity contribution in [3.05, 3.63) is 78.6 Å². The lowest BCUT2D eigenvalue weighted by atomic mass is 10.1. The van der Waals surface area contributed by atoms with Crippen LogP contribution in [0.4, 0.5) is 40.1 Å². The number of methoxy groups -OCH3 is 1. The highest BCUT2D eigenvalue weighted by molar-refractivity contribution is 6.01. The van der Waals surface area contributed by atoms with Crippen LogP contribution in [0.1, 0.15) is 5.56 Å². The van der Waals surface area contributed by atoms with Gasteiger partial charge in [-0.2, -0.15) is 13.2 Å². The van der Waals surface area contributed by atoms with Gasteiger partial charge in [0, 0.05) is 11.8 Å². The first kappa shape index (κ1) is 26.0. The summed E-state index contributed by atoms with van der Waals surface area (Å²) in [5, 5.41) is 14.9. The number of benzene rings is 3. The molecule has 5 rings (SSSR count). The number of fused-ring (bicyclic) bond motifs is 1. The van der Waals surface area contributed by atoms with Crippen LogP contribution >= 0.6 is 0 Å². The summed E-state index contributed by atoms with van der Waals surface area (Å²) in [6.45, 7) is 0. The van der Waals surface area contributed by atoms with Crippen LogP contribution in [0, 0.1) is 0 Å². The topological polar surface area (TPSA) is 148 Å². The third kappa shape index (κ3) is 5.93. The van der Waals surface area contributed by atoms with E-state index in [0.717, 1.165) is 12.1 Å². The lowest BCUT2D eigenvalue weighted by Gasteiger charge is -2.15. The van der Waals surface area contributed by atoms with Gasteiger partial charge in [0.2, 0.25) is 5.95 Å². The van der Waals surface area contributed by atoms with Crippen LogP contribution < -0.4 is 20.7 Å². The Balaban J connectivity index is 1.26. The molecule has 2 aromatic heterocycles. The summed E-state index contributed by atoms with van der Waals surface area (Å²) in [5.41, 5.74) is 0.721. The number of halogens is 3. The van der Waals surface area contributed by atoms with Crippen LogP contribution in [-0.2, 0) is 10.9 Å². The fourth-order valence-corrected chi connectivity index (χ4v) is 3.64. The van der Waals surface area contributed by atoms with Crippen molar-refractivity contribution in [3.63, 3.8) is 0 Å². The maximum Gasteiger partial charge on any atom is 0.416 e. The number of aromatic nitrogens is 5. The van der Waals surface area contributed by atoms with Crippen molar-refractivity contribution >= 4 is 40.5 Å². The van der Waals surface area contributed by atoms with Gasteiger partial charge in [0.25, 0.3) is 0 Å². The van der Waals surface area contributed by atoms with E-state index in [1.165, 1.54) is 30.3 Å². The monoisotopic (exact) mass is 552 g/mol. The fourth-order valence-electron chi connectivity index (χ4n) is 3.64. The maximum absolute atomic E-state index is 13.3. The van der Waals surface area contributed by atoms with E-state index < -0.39 is 23.9 Å². The molecule has 0 aliphatic heterocycles. The highest BCUT2D eigenvalue weighted by atomic mass is 19.4. The van der Waals surface area contributed by atoms with E-state index in [-0.39, 0.29) is 17.3 Å². The summed E-state index contributed by atoms with van der Waals surface area (Å²) in [5.74, 6) is 1.14. The molecule has 40 heavy (non-hydrogen) atoms. The van der Waals surface area contributed by atoms with Gasteiger partial charge in [0.15, 0.2) is 0 Å². The summed E-state index contributed by atoms with van der Waals surface area (Å²) >= 11 is 0. The van der Waals surface area contributed by atoms with Crippen LogP contribution in [-0.4, -0.2) is 44.2 Å². The van der Waals surface area contributed by atoms with Gasteiger partial charge >= 0.3 is 18.3 Å². The number of imidazole rings is 1. The lowest BCUT2D eigenvalue weighted by Crippen LogP contribution is -2.21. The summed E-state index contributed by atoms with van der Waals surface area (Å²) in [4.78, 5) is 31.2. The Hall–Kier alpha value is -5.60. The molecule has 0 aliphatic rings. The van der Waals surface area contributed by atoms with Gasteiger partial charge in [-0.15, -0.1) is 5.10 Å². The molecule has 0 radical (unpaired) electrons. The van der Waals surface area contributed by atoms with Crippen molar-refractivity contribution in [3.8, 4) is 17.2 Å². The number of hydrogen-bond donors (Lipinski definition) is 4. The molecule has 0 spiro atoms. The predicted octanol–water partition coefficient (Wildman–Crippen LogP) is 5.78. The van der Waals surface area contributed by atoms with Crippen molar-refractivity contribution < 1.29 is 32.2 Å². The molecular weight excluding hydrogens is 533 g/mol. The van der Waals surface area contributed by atoms with E-state index in [9.17, 15) is 22.8 Å². The highest BCUT2D eigenvalue weighted by Crippen LogP contribution is 2.33. The summed E-state index contributed by atoms with van der Waals surface area (Å²) in [7, 11) is 1.24. The molecule has 0 saturated heterocycles. The normalized spacial score (nSPS) is 11.2. The van der Waals surface area contributed by atoms with Crippen molar-refractivity contribution in [1.29, 1.82) is 0 Å². The zero-order valence-corrected chi connectivity index (χ0v) is 20.5. The number of anilines is 3. The Morgan fingerprint density at radius 3 is 2.42 bits per heavy atom. The minimum Gasteiger partial charge on any atom is -0.457 e. The molecule has 0 aliphatic carbocycles. The van der Waals surface area contributed by atoms with Gasteiger partial charge in [-0.25, -0.2) is 19.3 Å². The Bertz CT molecular complexity index is 1670. The van der Waals surface area contributed by atoms with E-state index in [0.29, 0.717) is 28.2 Å². The molecule has 0 bridgehead atoms. The Morgan fingerprint density at radius 1 is 0.950 bits per heavy atom. The minimum absolute atomic E-state index is 0.114. The maximum atomic E-state index is 13.3. The number of alkyl halides is 3. The van der Waals surface area contributed by atoms with Crippen LogP contribution in [0.15, 0.2) is 73.1 Å². The molecule has 0 saturated carbocycles. The summed E-state index contributed by atoms with van der Waals surface area (Å²) in [6.07, 6.45) is -2.47. The Morgan fingerprint density at radius 2 is 1.73 bits per heavy atom. The molecule has 0 fully saturated rings. The average Bonchev–Trinajstić information content (AvgIpc) is 3.59. The molecule has 12 nitrogen and oxygen atoms in total. The number of amides is 3. The van der Waals surface area contributed by atoms with Crippen molar-refractivity contribution in [1.82, 2.24) is 25.0 Å². The molecule has 204 valence electrons. The number of aromatic amines is 1.